The Hall–Kier alpha value is -1.76. The van der Waals surface area contributed by atoms with Crippen LogP contribution in [0.1, 0.15) is 12.5 Å². The van der Waals surface area contributed by atoms with Crippen LogP contribution in [-0.4, -0.2) is 38.6 Å². The second-order valence-corrected chi connectivity index (χ2v) is 8.69. The van der Waals surface area contributed by atoms with Crippen molar-refractivity contribution in [2.75, 3.05) is 17.6 Å². The number of nitrogens with zero attached hydrogens (tertiary/aromatic N) is 2. The van der Waals surface area contributed by atoms with E-state index in [1.54, 1.807) is 14.0 Å². The SMILES string of the molecule is C[C@@H](C(=O)N(C)Cc1ccccc1)N(c1ccc(Cl)c(Cl)c1)S(C)(=O)=O. The first-order valence-corrected chi connectivity index (χ1v) is 10.4. The molecule has 0 aliphatic heterocycles. The number of hydrogen-bond donors (Lipinski definition) is 0. The van der Waals surface area contributed by atoms with Crippen LogP contribution in [0.3, 0.4) is 0 Å². The third-order valence-corrected chi connectivity index (χ3v) is 5.84. The summed E-state index contributed by atoms with van der Waals surface area (Å²) in [5.41, 5.74) is 1.24. The fourth-order valence-corrected chi connectivity index (χ4v) is 4.13. The molecular formula is C18H20Cl2N2O3S. The van der Waals surface area contributed by atoms with Crippen molar-refractivity contribution in [3.63, 3.8) is 0 Å². The van der Waals surface area contributed by atoms with Crippen molar-refractivity contribution in [2.45, 2.75) is 19.5 Å². The zero-order valence-corrected chi connectivity index (χ0v) is 17.0. The van der Waals surface area contributed by atoms with Gasteiger partial charge >= 0.3 is 0 Å². The van der Waals surface area contributed by atoms with E-state index < -0.39 is 16.1 Å². The summed E-state index contributed by atoms with van der Waals surface area (Å²) in [7, 11) is -2.07. The zero-order chi connectivity index (χ0) is 19.5. The average Bonchev–Trinajstić information content (AvgIpc) is 2.57. The summed E-state index contributed by atoms with van der Waals surface area (Å²) in [6, 6.07) is 13.0. The molecule has 0 saturated heterocycles. The summed E-state index contributed by atoms with van der Waals surface area (Å²) < 4.78 is 25.7. The predicted molar refractivity (Wildman–Crippen MR) is 106 cm³/mol. The van der Waals surface area contributed by atoms with Crippen molar-refractivity contribution in [3.8, 4) is 0 Å². The number of carbonyl (C=O) groups excluding carboxylic acids is 1. The van der Waals surface area contributed by atoms with Gasteiger partial charge in [-0.2, -0.15) is 0 Å². The number of hydrogen-bond acceptors (Lipinski definition) is 3. The number of rotatable bonds is 6. The molecule has 0 aliphatic carbocycles. The summed E-state index contributed by atoms with van der Waals surface area (Å²) >= 11 is 11.9. The molecule has 140 valence electrons. The Kier molecular flexibility index (Phi) is 6.55. The molecule has 2 aromatic carbocycles. The third kappa shape index (κ3) is 4.90. The highest BCUT2D eigenvalue weighted by Gasteiger charge is 2.31. The summed E-state index contributed by atoms with van der Waals surface area (Å²) in [5.74, 6) is -0.328. The van der Waals surface area contributed by atoms with Gasteiger partial charge < -0.3 is 4.90 Å². The topological polar surface area (TPSA) is 57.7 Å². The fourth-order valence-electron chi connectivity index (χ4n) is 2.68. The monoisotopic (exact) mass is 414 g/mol. The second kappa shape index (κ2) is 8.29. The number of likely N-dealkylation sites (N-methyl/N-ethyl adjacent to an activating group) is 1. The Balaban J connectivity index is 2.30. The predicted octanol–water partition coefficient (Wildman–Crippen LogP) is 3.81. The Morgan fingerprint density at radius 3 is 2.23 bits per heavy atom. The Morgan fingerprint density at radius 1 is 1.08 bits per heavy atom. The molecule has 0 heterocycles. The highest BCUT2D eigenvalue weighted by Crippen LogP contribution is 2.30. The highest BCUT2D eigenvalue weighted by molar-refractivity contribution is 7.92. The molecule has 0 N–H and O–H groups in total. The first-order valence-electron chi connectivity index (χ1n) is 7.84. The highest BCUT2D eigenvalue weighted by atomic mass is 35.5. The van der Waals surface area contributed by atoms with E-state index in [1.165, 1.54) is 23.1 Å². The Labute approximate surface area is 164 Å². The molecule has 0 aromatic heterocycles. The normalized spacial score (nSPS) is 12.5. The van der Waals surface area contributed by atoms with Gasteiger partial charge in [-0.05, 0) is 30.7 Å². The lowest BCUT2D eigenvalue weighted by molar-refractivity contribution is -0.131. The minimum absolute atomic E-state index is 0.218. The molecule has 0 spiro atoms. The quantitative estimate of drug-likeness (QED) is 0.721. The summed E-state index contributed by atoms with van der Waals surface area (Å²) in [6.45, 7) is 1.93. The Morgan fingerprint density at radius 2 is 1.69 bits per heavy atom. The van der Waals surface area contributed by atoms with Gasteiger partial charge in [-0.25, -0.2) is 8.42 Å². The minimum atomic E-state index is -3.71. The van der Waals surface area contributed by atoms with Crippen molar-refractivity contribution >= 4 is 44.8 Å². The van der Waals surface area contributed by atoms with Gasteiger partial charge in [-0.1, -0.05) is 53.5 Å². The standard InChI is InChI=1S/C18H20Cl2N2O3S/c1-13(18(23)21(2)12-14-7-5-4-6-8-14)22(26(3,24)25)15-9-10-16(19)17(20)11-15/h4-11,13H,12H2,1-3H3/t13-/m0/s1. The van der Waals surface area contributed by atoms with E-state index in [4.69, 9.17) is 23.2 Å². The number of sulfonamides is 1. The summed E-state index contributed by atoms with van der Waals surface area (Å²) in [6.07, 6.45) is 1.05. The lowest BCUT2D eigenvalue weighted by Gasteiger charge is -2.31. The van der Waals surface area contributed by atoms with E-state index in [0.717, 1.165) is 16.1 Å². The molecule has 0 fully saturated rings. The number of halogens is 2. The number of amides is 1. The lowest BCUT2D eigenvalue weighted by atomic mass is 10.2. The van der Waals surface area contributed by atoms with Gasteiger partial charge in [0.25, 0.3) is 0 Å². The van der Waals surface area contributed by atoms with E-state index in [-0.39, 0.29) is 16.6 Å². The van der Waals surface area contributed by atoms with Gasteiger partial charge in [0.15, 0.2) is 0 Å². The molecule has 5 nitrogen and oxygen atoms in total. The minimum Gasteiger partial charge on any atom is -0.340 e. The zero-order valence-electron chi connectivity index (χ0n) is 14.7. The lowest BCUT2D eigenvalue weighted by Crippen LogP contribution is -2.48. The van der Waals surface area contributed by atoms with Crippen LogP contribution in [0.25, 0.3) is 0 Å². The van der Waals surface area contributed by atoms with Gasteiger partial charge in [-0.3, -0.25) is 9.10 Å². The fraction of sp³-hybridized carbons (Fsp3) is 0.278. The van der Waals surface area contributed by atoms with Gasteiger partial charge in [0.1, 0.15) is 6.04 Å². The third-order valence-electron chi connectivity index (χ3n) is 3.86. The first-order chi connectivity index (χ1) is 12.1. The Bertz CT molecular complexity index is 889. The summed E-state index contributed by atoms with van der Waals surface area (Å²) in [4.78, 5) is 14.3. The molecule has 0 bridgehead atoms. The van der Waals surface area contributed by atoms with E-state index in [9.17, 15) is 13.2 Å². The molecule has 26 heavy (non-hydrogen) atoms. The number of benzene rings is 2. The first kappa shape index (κ1) is 20.6. The van der Waals surface area contributed by atoms with Crippen molar-refractivity contribution in [1.82, 2.24) is 4.90 Å². The van der Waals surface area contributed by atoms with Crippen LogP contribution in [0.5, 0.6) is 0 Å². The maximum Gasteiger partial charge on any atom is 0.246 e. The molecule has 0 aliphatic rings. The number of carbonyl (C=O) groups is 1. The van der Waals surface area contributed by atoms with Gasteiger partial charge in [0, 0.05) is 13.6 Å². The van der Waals surface area contributed by atoms with Gasteiger partial charge in [0.05, 0.1) is 22.0 Å². The van der Waals surface area contributed by atoms with E-state index in [2.05, 4.69) is 0 Å². The molecule has 8 heteroatoms. The van der Waals surface area contributed by atoms with Crippen LogP contribution in [0.2, 0.25) is 10.0 Å². The largest absolute Gasteiger partial charge is 0.340 e. The molecule has 0 unspecified atom stereocenters. The van der Waals surface area contributed by atoms with Gasteiger partial charge in [0.2, 0.25) is 15.9 Å². The smallest absolute Gasteiger partial charge is 0.246 e. The molecule has 0 saturated carbocycles. The van der Waals surface area contributed by atoms with Crippen molar-refractivity contribution in [3.05, 3.63) is 64.1 Å². The summed E-state index contributed by atoms with van der Waals surface area (Å²) in [5, 5.41) is 0.527. The van der Waals surface area contributed by atoms with Crippen LogP contribution in [0.4, 0.5) is 5.69 Å². The molecule has 2 rings (SSSR count). The molecule has 2 aromatic rings. The molecule has 1 atom stereocenters. The molecule has 0 radical (unpaired) electrons. The van der Waals surface area contributed by atoms with Crippen LogP contribution in [0, 0.1) is 0 Å². The second-order valence-electron chi connectivity index (χ2n) is 6.01. The van der Waals surface area contributed by atoms with Crippen molar-refractivity contribution < 1.29 is 13.2 Å². The van der Waals surface area contributed by atoms with Gasteiger partial charge in [-0.15, -0.1) is 0 Å². The maximum absolute atomic E-state index is 12.8. The van der Waals surface area contributed by atoms with Crippen molar-refractivity contribution in [1.29, 1.82) is 0 Å². The van der Waals surface area contributed by atoms with Crippen LogP contribution >= 0.6 is 23.2 Å². The molecule has 1 amide bonds. The van der Waals surface area contributed by atoms with Crippen LogP contribution in [-0.2, 0) is 21.4 Å². The molecular weight excluding hydrogens is 395 g/mol. The van der Waals surface area contributed by atoms with E-state index >= 15 is 0 Å². The van der Waals surface area contributed by atoms with Crippen LogP contribution < -0.4 is 4.31 Å². The number of anilines is 1. The van der Waals surface area contributed by atoms with Crippen LogP contribution in [0.15, 0.2) is 48.5 Å². The van der Waals surface area contributed by atoms with E-state index in [0.29, 0.717) is 11.6 Å². The van der Waals surface area contributed by atoms with E-state index in [1.807, 2.05) is 30.3 Å². The average molecular weight is 415 g/mol. The van der Waals surface area contributed by atoms with Crippen molar-refractivity contribution in [2.24, 2.45) is 0 Å². The maximum atomic E-state index is 12.8.